The Balaban J connectivity index is 1.71. The lowest BCUT2D eigenvalue weighted by molar-refractivity contribution is -0.116. The molecular formula is C22H29N3O7S2. The second-order valence-corrected chi connectivity index (χ2v) is 11.8. The number of ether oxygens (including phenoxy) is 2. The molecular weight excluding hydrogens is 482 g/mol. The van der Waals surface area contributed by atoms with E-state index in [2.05, 4.69) is 5.32 Å². The summed E-state index contributed by atoms with van der Waals surface area (Å²) in [6, 6.07) is 11.1. The maximum absolute atomic E-state index is 13.0. The van der Waals surface area contributed by atoms with Crippen molar-refractivity contribution in [3.8, 4) is 5.75 Å². The summed E-state index contributed by atoms with van der Waals surface area (Å²) in [5, 5.41) is 2.75. The first-order chi connectivity index (χ1) is 16.0. The van der Waals surface area contributed by atoms with Crippen molar-refractivity contribution in [2.75, 3.05) is 56.3 Å². The van der Waals surface area contributed by atoms with Crippen molar-refractivity contribution in [2.24, 2.45) is 0 Å². The smallest absolute Gasteiger partial charge is 0.243 e. The summed E-state index contributed by atoms with van der Waals surface area (Å²) in [6.45, 7) is 1.28. The molecule has 34 heavy (non-hydrogen) atoms. The maximum Gasteiger partial charge on any atom is 0.243 e. The predicted molar refractivity (Wildman–Crippen MR) is 129 cm³/mol. The van der Waals surface area contributed by atoms with Crippen LogP contribution in [0.5, 0.6) is 5.75 Å². The maximum atomic E-state index is 13.0. The third-order valence-electron chi connectivity index (χ3n) is 5.47. The number of methoxy groups -OCH3 is 1. The molecule has 1 fully saturated rings. The van der Waals surface area contributed by atoms with Crippen LogP contribution in [0.3, 0.4) is 0 Å². The fraction of sp³-hybridized carbons (Fsp3) is 0.409. The summed E-state index contributed by atoms with van der Waals surface area (Å²) in [6.07, 6.45) is 1.42. The minimum atomic E-state index is -3.68. The Labute approximate surface area is 200 Å². The van der Waals surface area contributed by atoms with Crippen LogP contribution in [-0.2, 0) is 36.0 Å². The Morgan fingerprint density at radius 3 is 2.47 bits per heavy atom. The number of benzene rings is 2. The zero-order valence-electron chi connectivity index (χ0n) is 19.4. The number of aryl methyl sites for hydroxylation is 1. The molecule has 2 aromatic carbocycles. The van der Waals surface area contributed by atoms with Crippen LogP contribution in [0.2, 0.25) is 0 Å². The average Bonchev–Trinajstić information content (AvgIpc) is 2.82. The Kier molecular flexibility index (Phi) is 8.18. The first-order valence-electron chi connectivity index (χ1n) is 10.6. The van der Waals surface area contributed by atoms with Gasteiger partial charge in [0.1, 0.15) is 5.75 Å². The quantitative estimate of drug-likeness (QED) is 0.544. The minimum absolute atomic E-state index is 0.0730. The number of hydrogen-bond donors (Lipinski definition) is 1. The third kappa shape index (κ3) is 6.26. The summed E-state index contributed by atoms with van der Waals surface area (Å²) in [5.41, 5.74) is 1.47. The van der Waals surface area contributed by atoms with E-state index in [1.165, 1.54) is 24.5 Å². The summed E-state index contributed by atoms with van der Waals surface area (Å²) in [7, 11) is -4.19. The number of sulfonamides is 2. The number of carbonyl (C=O) groups is 1. The molecule has 1 aliphatic rings. The molecule has 0 aromatic heterocycles. The van der Waals surface area contributed by atoms with Crippen LogP contribution >= 0.6 is 0 Å². The van der Waals surface area contributed by atoms with Gasteiger partial charge >= 0.3 is 0 Å². The molecule has 10 nitrogen and oxygen atoms in total. The standard InChI is InChI=1S/C22H29N3O7S2/c1-24(33(3,27)28)19-6-4-5-18(16-19)23-22(26)10-7-17-15-20(8-9-21(17)31-2)34(29,30)25-11-13-32-14-12-25/h4-6,8-9,15-16H,7,10-14H2,1-3H3,(H,23,26). The molecule has 0 spiro atoms. The Hall–Kier alpha value is -2.67. The topological polar surface area (TPSA) is 122 Å². The van der Waals surface area contributed by atoms with E-state index in [0.29, 0.717) is 49.0 Å². The molecule has 1 aliphatic heterocycles. The van der Waals surface area contributed by atoms with E-state index >= 15 is 0 Å². The Morgan fingerprint density at radius 1 is 1.12 bits per heavy atom. The molecule has 12 heteroatoms. The van der Waals surface area contributed by atoms with Gasteiger partial charge in [0.15, 0.2) is 0 Å². The minimum Gasteiger partial charge on any atom is -0.496 e. The van der Waals surface area contributed by atoms with Gasteiger partial charge in [-0.05, 0) is 48.4 Å². The molecule has 1 amide bonds. The number of hydrogen-bond acceptors (Lipinski definition) is 7. The molecule has 0 aliphatic carbocycles. The first kappa shape index (κ1) is 25.9. The van der Waals surface area contributed by atoms with E-state index in [1.54, 1.807) is 36.4 Å². The van der Waals surface area contributed by atoms with E-state index in [1.807, 2.05) is 0 Å². The van der Waals surface area contributed by atoms with Crippen molar-refractivity contribution >= 4 is 37.3 Å². The molecule has 3 rings (SSSR count). The number of anilines is 2. The van der Waals surface area contributed by atoms with Gasteiger partial charge in [-0.25, -0.2) is 16.8 Å². The highest BCUT2D eigenvalue weighted by molar-refractivity contribution is 7.92. The Morgan fingerprint density at radius 2 is 1.82 bits per heavy atom. The molecule has 1 N–H and O–H groups in total. The van der Waals surface area contributed by atoms with Gasteiger partial charge in [0, 0.05) is 32.2 Å². The van der Waals surface area contributed by atoms with Crippen LogP contribution in [0.15, 0.2) is 47.4 Å². The van der Waals surface area contributed by atoms with Gasteiger partial charge in [0.25, 0.3) is 0 Å². The first-order valence-corrected chi connectivity index (χ1v) is 13.9. The van der Waals surface area contributed by atoms with Crippen LogP contribution < -0.4 is 14.4 Å². The molecule has 0 radical (unpaired) electrons. The monoisotopic (exact) mass is 511 g/mol. The van der Waals surface area contributed by atoms with E-state index in [4.69, 9.17) is 9.47 Å². The van der Waals surface area contributed by atoms with Gasteiger partial charge in [-0.15, -0.1) is 0 Å². The second-order valence-electron chi connectivity index (χ2n) is 7.82. The zero-order valence-corrected chi connectivity index (χ0v) is 21.0. The lowest BCUT2D eigenvalue weighted by Crippen LogP contribution is -2.40. The van der Waals surface area contributed by atoms with E-state index < -0.39 is 20.0 Å². The fourth-order valence-electron chi connectivity index (χ4n) is 3.49. The molecule has 0 saturated carbocycles. The van der Waals surface area contributed by atoms with Crippen molar-refractivity contribution in [1.82, 2.24) is 4.31 Å². The molecule has 0 bridgehead atoms. The van der Waals surface area contributed by atoms with Crippen molar-refractivity contribution in [1.29, 1.82) is 0 Å². The number of nitrogens with zero attached hydrogens (tertiary/aromatic N) is 2. The molecule has 186 valence electrons. The lowest BCUT2D eigenvalue weighted by Gasteiger charge is -2.26. The normalized spacial score (nSPS) is 15.0. The SMILES string of the molecule is COc1ccc(S(=O)(=O)N2CCOCC2)cc1CCC(=O)Nc1cccc(N(C)S(C)(=O)=O)c1. The average molecular weight is 512 g/mol. The van der Waals surface area contributed by atoms with Crippen LogP contribution in [0.25, 0.3) is 0 Å². The fourth-order valence-corrected chi connectivity index (χ4v) is 5.45. The van der Waals surface area contributed by atoms with E-state index in [9.17, 15) is 21.6 Å². The number of morpholine rings is 1. The second kappa shape index (κ2) is 10.7. The number of nitrogens with one attached hydrogen (secondary N) is 1. The molecule has 2 aromatic rings. The number of amides is 1. The highest BCUT2D eigenvalue weighted by Crippen LogP contribution is 2.27. The van der Waals surface area contributed by atoms with Crippen LogP contribution in [0, 0.1) is 0 Å². The summed E-state index contributed by atoms with van der Waals surface area (Å²) in [5.74, 6) is 0.188. The molecule has 0 unspecified atom stereocenters. The van der Waals surface area contributed by atoms with Crippen molar-refractivity contribution in [3.05, 3.63) is 48.0 Å². The van der Waals surface area contributed by atoms with Crippen molar-refractivity contribution in [3.63, 3.8) is 0 Å². The molecule has 1 saturated heterocycles. The van der Waals surface area contributed by atoms with Crippen molar-refractivity contribution in [2.45, 2.75) is 17.7 Å². The Bertz CT molecular complexity index is 1240. The summed E-state index contributed by atoms with van der Waals surface area (Å²) in [4.78, 5) is 12.7. The van der Waals surface area contributed by atoms with Gasteiger partial charge < -0.3 is 14.8 Å². The van der Waals surface area contributed by atoms with Gasteiger partial charge in [0.2, 0.25) is 26.0 Å². The number of carbonyl (C=O) groups excluding carboxylic acids is 1. The zero-order chi connectivity index (χ0) is 24.9. The van der Waals surface area contributed by atoms with Crippen LogP contribution in [0.1, 0.15) is 12.0 Å². The summed E-state index contributed by atoms with van der Waals surface area (Å²) >= 11 is 0. The van der Waals surface area contributed by atoms with Crippen LogP contribution in [0.4, 0.5) is 11.4 Å². The number of rotatable bonds is 9. The highest BCUT2D eigenvalue weighted by atomic mass is 32.2. The largest absolute Gasteiger partial charge is 0.496 e. The third-order valence-corrected chi connectivity index (χ3v) is 8.57. The molecule has 0 atom stereocenters. The van der Waals surface area contributed by atoms with Gasteiger partial charge in [-0.3, -0.25) is 9.10 Å². The highest BCUT2D eigenvalue weighted by Gasteiger charge is 2.27. The van der Waals surface area contributed by atoms with Crippen molar-refractivity contribution < 1.29 is 31.1 Å². The van der Waals surface area contributed by atoms with Gasteiger partial charge in [-0.2, -0.15) is 4.31 Å². The lowest BCUT2D eigenvalue weighted by atomic mass is 10.1. The van der Waals surface area contributed by atoms with Gasteiger partial charge in [0.05, 0.1) is 37.2 Å². The van der Waals surface area contributed by atoms with Crippen LogP contribution in [-0.4, -0.2) is 73.8 Å². The summed E-state index contributed by atoms with van der Waals surface area (Å²) < 4.78 is 62.6. The van der Waals surface area contributed by atoms with Gasteiger partial charge in [-0.1, -0.05) is 6.07 Å². The molecule has 1 heterocycles. The van der Waals surface area contributed by atoms with E-state index in [-0.39, 0.29) is 23.6 Å². The van der Waals surface area contributed by atoms with E-state index in [0.717, 1.165) is 10.6 Å². The predicted octanol–water partition coefficient (Wildman–Crippen LogP) is 1.68.